The van der Waals surface area contributed by atoms with Crippen molar-refractivity contribution in [3.63, 3.8) is 0 Å². The van der Waals surface area contributed by atoms with Crippen LogP contribution < -0.4 is 10.1 Å². The summed E-state index contributed by atoms with van der Waals surface area (Å²) in [4.78, 5) is 12.0. The average molecular weight is 311 g/mol. The third kappa shape index (κ3) is 4.88. The maximum Gasteiger partial charge on any atom is 0.248 e. The van der Waals surface area contributed by atoms with Crippen LogP contribution in [0.2, 0.25) is 0 Å². The molecule has 0 saturated heterocycles. The van der Waals surface area contributed by atoms with Gasteiger partial charge in [-0.05, 0) is 43.2 Å². The summed E-state index contributed by atoms with van der Waals surface area (Å²) in [6.45, 7) is 4.55. The SMILES string of the molecule is CCCOc1ccccc1/C=C/C(=O)Nc1ccc(C)cc1O. The van der Waals surface area contributed by atoms with Crippen molar-refractivity contribution in [2.24, 2.45) is 0 Å². The highest BCUT2D eigenvalue weighted by Crippen LogP contribution is 2.24. The zero-order valence-electron chi connectivity index (χ0n) is 13.4. The molecule has 2 aromatic carbocycles. The van der Waals surface area contributed by atoms with Gasteiger partial charge in [-0.25, -0.2) is 0 Å². The number of carbonyl (C=O) groups is 1. The fourth-order valence-corrected chi connectivity index (χ4v) is 2.05. The van der Waals surface area contributed by atoms with Crippen LogP contribution in [0, 0.1) is 6.92 Å². The fourth-order valence-electron chi connectivity index (χ4n) is 2.05. The molecule has 2 rings (SSSR count). The number of carbonyl (C=O) groups excluding carboxylic acids is 1. The first kappa shape index (κ1) is 16.6. The number of ether oxygens (including phenoxy) is 1. The number of hydrogen-bond acceptors (Lipinski definition) is 3. The quantitative estimate of drug-likeness (QED) is 0.622. The van der Waals surface area contributed by atoms with E-state index in [4.69, 9.17) is 4.74 Å². The van der Waals surface area contributed by atoms with Crippen LogP contribution in [0.25, 0.3) is 6.08 Å². The van der Waals surface area contributed by atoms with Crippen molar-refractivity contribution in [1.29, 1.82) is 0 Å². The molecular weight excluding hydrogens is 290 g/mol. The van der Waals surface area contributed by atoms with Gasteiger partial charge >= 0.3 is 0 Å². The lowest BCUT2D eigenvalue weighted by Crippen LogP contribution is -2.08. The smallest absolute Gasteiger partial charge is 0.248 e. The van der Waals surface area contributed by atoms with Gasteiger partial charge in [0, 0.05) is 11.6 Å². The van der Waals surface area contributed by atoms with Gasteiger partial charge in [0.1, 0.15) is 11.5 Å². The molecule has 4 heteroatoms. The van der Waals surface area contributed by atoms with E-state index >= 15 is 0 Å². The van der Waals surface area contributed by atoms with Crippen molar-refractivity contribution in [2.75, 3.05) is 11.9 Å². The molecular formula is C19H21NO3. The van der Waals surface area contributed by atoms with Crippen LogP contribution in [0.3, 0.4) is 0 Å². The molecule has 0 fully saturated rings. The topological polar surface area (TPSA) is 58.6 Å². The van der Waals surface area contributed by atoms with E-state index in [9.17, 15) is 9.90 Å². The zero-order chi connectivity index (χ0) is 16.7. The van der Waals surface area contributed by atoms with E-state index in [0.717, 1.165) is 23.3 Å². The Balaban J connectivity index is 2.06. The first-order chi connectivity index (χ1) is 11.1. The van der Waals surface area contributed by atoms with Crippen molar-refractivity contribution in [3.05, 3.63) is 59.7 Å². The van der Waals surface area contributed by atoms with E-state index in [1.807, 2.05) is 44.2 Å². The van der Waals surface area contributed by atoms with Crippen molar-refractivity contribution >= 4 is 17.7 Å². The van der Waals surface area contributed by atoms with Gasteiger partial charge < -0.3 is 15.2 Å². The van der Waals surface area contributed by atoms with E-state index in [-0.39, 0.29) is 11.7 Å². The lowest BCUT2D eigenvalue weighted by Gasteiger charge is -2.08. The predicted octanol–water partition coefficient (Wildman–Crippen LogP) is 4.14. The summed E-state index contributed by atoms with van der Waals surface area (Å²) in [5.41, 5.74) is 2.16. The van der Waals surface area contributed by atoms with Crippen LogP contribution in [-0.2, 0) is 4.79 Å². The molecule has 23 heavy (non-hydrogen) atoms. The second-order valence-electron chi connectivity index (χ2n) is 5.23. The third-order valence-electron chi connectivity index (χ3n) is 3.21. The number of aromatic hydroxyl groups is 1. The number of anilines is 1. The van der Waals surface area contributed by atoms with E-state index in [2.05, 4.69) is 5.32 Å². The van der Waals surface area contributed by atoms with Crippen molar-refractivity contribution in [2.45, 2.75) is 20.3 Å². The number of amides is 1. The lowest BCUT2D eigenvalue weighted by molar-refractivity contribution is -0.111. The molecule has 2 N–H and O–H groups in total. The molecule has 0 aliphatic carbocycles. The first-order valence-corrected chi connectivity index (χ1v) is 7.60. The number of para-hydroxylation sites is 1. The van der Waals surface area contributed by atoms with Gasteiger partial charge in [-0.3, -0.25) is 4.79 Å². The summed E-state index contributed by atoms with van der Waals surface area (Å²) >= 11 is 0. The van der Waals surface area contributed by atoms with Crippen molar-refractivity contribution in [3.8, 4) is 11.5 Å². The van der Waals surface area contributed by atoms with Gasteiger partial charge in [-0.15, -0.1) is 0 Å². The number of rotatable bonds is 6. The highest BCUT2D eigenvalue weighted by Gasteiger charge is 2.05. The van der Waals surface area contributed by atoms with E-state index in [0.29, 0.717) is 12.3 Å². The molecule has 0 heterocycles. The summed E-state index contributed by atoms with van der Waals surface area (Å²) in [5, 5.41) is 12.5. The molecule has 0 atom stereocenters. The molecule has 0 spiro atoms. The Hall–Kier alpha value is -2.75. The lowest BCUT2D eigenvalue weighted by atomic mass is 10.2. The van der Waals surface area contributed by atoms with E-state index in [1.54, 1.807) is 18.2 Å². The molecule has 0 aromatic heterocycles. The van der Waals surface area contributed by atoms with E-state index < -0.39 is 0 Å². The second kappa shape index (κ2) is 8.03. The largest absolute Gasteiger partial charge is 0.506 e. The maximum atomic E-state index is 12.0. The van der Waals surface area contributed by atoms with Crippen LogP contribution >= 0.6 is 0 Å². The molecule has 0 aliphatic rings. The Kier molecular flexibility index (Phi) is 5.80. The molecule has 120 valence electrons. The number of phenolic OH excluding ortho intramolecular Hbond substituents is 1. The molecule has 1 amide bonds. The first-order valence-electron chi connectivity index (χ1n) is 7.60. The Morgan fingerprint density at radius 3 is 2.78 bits per heavy atom. The fraction of sp³-hybridized carbons (Fsp3) is 0.211. The molecule has 0 saturated carbocycles. The number of nitrogens with one attached hydrogen (secondary N) is 1. The monoisotopic (exact) mass is 311 g/mol. The Labute approximate surface area is 136 Å². The third-order valence-corrected chi connectivity index (χ3v) is 3.21. The predicted molar refractivity (Wildman–Crippen MR) is 92.7 cm³/mol. The van der Waals surface area contributed by atoms with Crippen LogP contribution in [0.15, 0.2) is 48.5 Å². The highest BCUT2D eigenvalue weighted by atomic mass is 16.5. The number of benzene rings is 2. The Bertz CT molecular complexity index is 708. The van der Waals surface area contributed by atoms with Crippen molar-refractivity contribution in [1.82, 2.24) is 0 Å². The van der Waals surface area contributed by atoms with Gasteiger partial charge in [-0.1, -0.05) is 31.2 Å². The van der Waals surface area contributed by atoms with Crippen LogP contribution in [-0.4, -0.2) is 17.6 Å². The molecule has 4 nitrogen and oxygen atoms in total. The summed E-state index contributed by atoms with van der Waals surface area (Å²) in [5.74, 6) is 0.490. The summed E-state index contributed by atoms with van der Waals surface area (Å²) in [6, 6.07) is 12.7. The molecule has 0 radical (unpaired) electrons. The van der Waals surface area contributed by atoms with E-state index in [1.165, 1.54) is 6.08 Å². The minimum Gasteiger partial charge on any atom is -0.506 e. The van der Waals surface area contributed by atoms with Gasteiger partial charge in [0.05, 0.1) is 12.3 Å². The number of hydrogen-bond donors (Lipinski definition) is 2. The minimum atomic E-state index is -0.311. The van der Waals surface area contributed by atoms with Gasteiger partial charge in [0.25, 0.3) is 0 Å². The van der Waals surface area contributed by atoms with Gasteiger partial charge in [-0.2, -0.15) is 0 Å². The molecule has 0 aliphatic heterocycles. The summed E-state index contributed by atoms with van der Waals surface area (Å²) in [7, 11) is 0. The Morgan fingerprint density at radius 1 is 1.26 bits per heavy atom. The number of aryl methyl sites for hydroxylation is 1. The second-order valence-corrected chi connectivity index (χ2v) is 5.23. The summed E-state index contributed by atoms with van der Waals surface area (Å²) < 4.78 is 5.65. The van der Waals surface area contributed by atoms with Crippen LogP contribution in [0.1, 0.15) is 24.5 Å². The van der Waals surface area contributed by atoms with Gasteiger partial charge in [0.15, 0.2) is 0 Å². The average Bonchev–Trinajstić information content (AvgIpc) is 2.54. The van der Waals surface area contributed by atoms with Crippen LogP contribution in [0.4, 0.5) is 5.69 Å². The standard InChI is InChI=1S/C19H21NO3/c1-3-12-23-18-7-5-4-6-15(18)9-11-19(22)20-16-10-8-14(2)13-17(16)21/h4-11,13,21H,3,12H2,1-2H3,(H,20,22)/b11-9+. The van der Waals surface area contributed by atoms with Crippen molar-refractivity contribution < 1.29 is 14.6 Å². The normalized spacial score (nSPS) is 10.7. The van der Waals surface area contributed by atoms with Gasteiger partial charge in [0.2, 0.25) is 5.91 Å². The van der Waals surface area contributed by atoms with Crippen LogP contribution in [0.5, 0.6) is 11.5 Å². The molecule has 0 unspecified atom stereocenters. The zero-order valence-corrected chi connectivity index (χ0v) is 13.4. The molecule has 2 aromatic rings. The Morgan fingerprint density at radius 2 is 2.04 bits per heavy atom. The molecule has 0 bridgehead atoms. The maximum absolute atomic E-state index is 12.0. The highest BCUT2D eigenvalue weighted by molar-refractivity contribution is 6.02. The summed E-state index contributed by atoms with van der Waals surface area (Å²) in [6.07, 6.45) is 4.05. The number of phenols is 1. The minimum absolute atomic E-state index is 0.0541.